The second-order valence-electron chi connectivity index (χ2n) is 18.0. The lowest BCUT2D eigenvalue weighted by Gasteiger charge is -2.30. The van der Waals surface area contributed by atoms with Gasteiger partial charge in [0, 0.05) is 80.4 Å². The molecule has 13 nitrogen and oxygen atoms in total. The van der Waals surface area contributed by atoms with Crippen LogP contribution in [-0.2, 0) is 15.2 Å². The minimum atomic E-state index is -0.656. The van der Waals surface area contributed by atoms with Gasteiger partial charge in [-0.3, -0.25) is 19.4 Å². The number of nitrogens with two attached hydrogens (primary N) is 1. The molecule has 0 bridgehead atoms. The first-order valence-electron chi connectivity index (χ1n) is 23.0. The number of amides is 3. The largest absolute Gasteiger partial charge is 0.506 e. The smallest absolute Gasteiger partial charge is 0.410 e. The van der Waals surface area contributed by atoms with E-state index in [2.05, 4.69) is 32.7 Å². The number of ether oxygens (including phenoxy) is 2. The fourth-order valence-electron chi connectivity index (χ4n) is 8.48. The van der Waals surface area contributed by atoms with Gasteiger partial charge in [-0.25, -0.2) is 4.79 Å². The number of aromatic nitrogens is 2. The molecule has 0 radical (unpaired) electrons. The molecule has 1 fully saturated rings. The molecule has 3 amide bonds. The number of aryl methyl sites for hydroxylation is 1. The number of hydrogen-bond donors (Lipinski definition) is 5. The molecule has 5 aromatic carbocycles. The number of nitrogens with zero attached hydrogens (tertiary/aromatic N) is 2. The van der Waals surface area contributed by atoms with Crippen molar-refractivity contribution in [1.82, 2.24) is 14.9 Å². The van der Waals surface area contributed by atoms with E-state index in [0.717, 1.165) is 73.7 Å². The van der Waals surface area contributed by atoms with Crippen LogP contribution in [0.25, 0.3) is 21.8 Å². The third-order valence-electron chi connectivity index (χ3n) is 11.9. The number of carbonyl (C=O) groups is 3. The summed E-state index contributed by atoms with van der Waals surface area (Å²) in [5.74, 6) is 1.88. The van der Waals surface area contributed by atoms with Crippen molar-refractivity contribution in [3.63, 3.8) is 0 Å². The maximum absolute atomic E-state index is 13.7. The van der Waals surface area contributed by atoms with Gasteiger partial charge in [0.1, 0.15) is 17.1 Å². The Hall–Kier alpha value is -6.62. The summed E-state index contributed by atoms with van der Waals surface area (Å²) in [4.78, 5) is 62.6. The van der Waals surface area contributed by atoms with Crippen molar-refractivity contribution in [2.45, 2.75) is 72.8 Å². The number of carbonyl (C=O) groups excluding carboxylic acids is 3. The molecule has 7 aromatic rings. The Kier molecular flexibility index (Phi) is 15.3. The van der Waals surface area contributed by atoms with Gasteiger partial charge in [0.2, 0.25) is 5.56 Å². The van der Waals surface area contributed by atoms with Gasteiger partial charge in [-0.2, -0.15) is 0 Å². The number of anilines is 3. The molecule has 16 heteroatoms. The van der Waals surface area contributed by atoms with Gasteiger partial charge in [-0.1, -0.05) is 42.1 Å². The normalized spacial score (nSPS) is 13.3. The zero-order chi connectivity index (χ0) is 49.6. The molecule has 362 valence electrons. The molecule has 3 heterocycles. The summed E-state index contributed by atoms with van der Waals surface area (Å²) < 4.78 is 11.1. The number of thioether (sulfide) groups is 2. The molecule has 70 heavy (non-hydrogen) atoms. The summed E-state index contributed by atoms with van der Waals surface area (Å²) in [6.07, 6.45) is 4.18. The first-order valence-corrected chi connectivity index (χ1v) is 25.8. The van der Waals surface area contributed by atoms with E-state index in [0.29, 0.717) is 47.7 Å². The molecule has 6 N–H and O–H groups in total. The van der Waals surface area contributed by atoms with Crippen LogP contribution >= 0.6 is 35.3 Å². The molecule has 0 spiro atoms. The Morgan fingerprint density at radius 3 is 2.40 bits per heavy atom. The Labute approximate surface area is 419 Å². The number of unbranched alkanes of at least 4 members (excludes halogenated alkanes) is 1. The van der Waals surface area contributed by atoms with Crippen molar-refractivity contribution in [3.8, 4) is 11.5 Å². The van der Waals surface area contributed by atoms with Crippen LogP contribution in [0, 0.1) is 6.92 Å². The highest BCUT2D eigenvalue weighted by Crippen LogP contribution is 2.55. The number of pyridine rings is 2. The third kappa shape index (κ3) is 11.9. The number of H-pyrrole nitrogens is 1. The first-order chi connectivity index (χ1) is 33.6. The lowest BCUT2D eigenvalue weighted by atomic mass is 10.0. The van der Waals surface area contributed by atoms with E-state index < -0.39 is 11.5 Å². The fourth-order valence-corrected chi connectivity index (χ4v) is 12.8. The SMILES string of the molecule is COc1cccc(Nc2c(C(N)=O)cnc3c(C)cc(Sc4cccc(C(=O)Nc5ccc(C6(CCCCN(CCc7ccc(O)c8[nH]c(=O)ccc78)C(=O)OC(C)(C)C)SCCS6)cc5)c4)cc23)c1. The van der Waals surface area contributed by atoms with Crippen molar-refractivity contribution in [2.75, 3.05) is 42.3 Å². The van der Waals surface area contributed by atoms with E-state index in [9.17, 15) is 24.3 Å². The monoisotopic (exact) mass is 996 g/mol. The van der Waals surface area contributed by atoms with E-state index >= 15 is 0 Å². The number of methoxy groups -OCH3 is 1. The second-order valence-corrected chi connectivity index (χ2v) is 22.2. The highest BCUT2D eigenvalue weighted by molar-refractivity contribution is 8.20. The Balaban J connectivity index is 0.914. The van der Waals surface area contributed by atoms with Crippen LogP contribution in [0.15, 0.2) is 130 Å². The summed E-state index contributed by atoms with van der Waals surface area (Å²) in [7, 11) is 1.60. The summed E-state index contributed by atoms with van der Waals surface area (Å²) in [6.45, 7) is 8.47. The average Bonchev–Trinajstić information content (AvgIpc) is 3.82. The molecule has 1 saturated heterocycles. The van der Waals surface area contributed by atoms with E-state index in [1.807, 2.05) is 124 Å². The van der Waals surface area contributed by atoms with Gasteiger partial charge in [0.25, 0.3) is 11.8 Å². The van der Waals surface area contributed by atoms with Crippen molar-refractivity contribution >= 4 is 92.1 Å². The molecule has 1 aliphatic rings. The number of phenolic OH excluding ortho intramolecular Hbond substituents is 1. The predicted molar refractivity (Wildman–Crippen MR) is 284 cm³/mol. The predicted octanol–water partition coefficient (Wildman–Crippen LogP) is 11.6. The highest BCUT2D eigenvalue weighted by atomic mass is 32.2. The van der Waals surface area contributed by atoms with Gasteiger partial charge in [0.15, 0.2) is 0 Å². The number of nitrogens with one attached hydrogen (secondary N) is 3. The maximum Gasteiger partial charge on any atom is 0.410 e. The van der Waals surface area contributed by atoms with Crippen LogP contribution in [0.2, 0.25) is 0 Å². The van der Waals surface area contributed by atoms with E-state index in [1.54, 1.807) is 30.2 Å². The van der Waals surface area contributed by atoms with E-state index in [1.165, 1.54) is 29.6 Å². The number of primary amides is 1. The summed E-state index contributed by atoms with van der Waals surface area (Å²) in [6, 6.07) is 33.6. The van der Waals surface area contributed by atoms with Gasteiger partial charge in [0.05, 0.1) is 33.5 Å². The first kappa shape index (κ1) is 49.8. The lowest BCUT2D eigenvalue weighted by Crippen LogP contribution is -2.38. The van der Waals surface area contributed by atoms with Crippen molar-refractivity contribution in [3.05, 3.63) is 154 Å². The lowest BCUT2D eigenvalue weighted by molar-refractivity contribution is 0.0248. The van der Waals surface area contributed by atoms with Crippen LogP contribution in [-0.4, -0.2) is 75.2 Å². The summed E-state index contributed by atoms with van der Waals surface area (Å²) >= 11 is 5.38. The molecule has 1 aliphatic heterocycles. The molecule has 0 saturated carbocycles. The molecule has 8 rings (SSSR count). The molecule has 0 unspecified atom stereocenters. The van der Waals surface area contributed by atoms with Crippen LogP contribution in [0.5, 0.6) is 11.5 Å². The van der Waals surface area contributed by atoms with Crippen LogP contribution in [0.4, 0.5) is 21.9 Å². The molecule has 0 aliphatic carbocycles. The molecule has 2 aromatic heterocycles. The van der Waals surface area contributed by atoms with Crippen LogP contribution in [0.1, 0.15) is 77.4 Å². The van der Waals surface area contributed by atoms with Crippen molar-refractivity contribution in [1.29, 1.82) is 0 Å². The Bertz CT molecular complexity index is 3130. The van der Waals surface area contributed by atoms with E-state index in [4.69, 9.17) is 15.2 Å². The summed E-state index contributed by atoms with van der Waals surface area (Å²) in [5, 5.41) is 18.3. The van der Waals surface area contributed by atoms with Gasteiger partial charge >= 0.3 is 6.09 Å². The quantitative estimate of drug-likeness (QED) is 0.0544. The van der Waals surface area contributed by atoms with E-state index in [-0.39, 0.29) is 33.0 Å². The number of aromatic hydroxyl groups is 1. The number of rotatable bonds is 17. The average molecular weight is 997 g/mol. The topological polar surface area (TPSA) is 189 Å². The van der Waals surface area contributed by atoms with Gasteiger partial charge in [-0.15, -0.1) is 23.5 Å². The minimum absolute atomic E-state index is 0.000268. The fraction of sp³-hybridized carbons (Fsp3) is 0.278. The zero-order valence-electron chi connectivity index (χ0n) is 39.7. The van der Waals surface area contributed by atoms with Crippen molar-refractivity contribution in [2.24, 2.45) is 5.73 Å². The Morgan fingerprint density at radius 1 is 0.886 bits per heavy atom. The van der Waals surface area contributed by atoms with Crippen LogP contribution in [0.3, 0.4) is 0 Å². The minimum Gasteiger partial charge on any atom is -0.506 e. The second kappa shape index (κ2) is 21.6. The standard InChI is InChI=1S/C54H56N6O7S3/c1-33-28-41(31-43-47(33)56-32-44(50(55)63)48(43)57-38-11-9-12-39(30-38)66-5)70-40-13-8-10-35(29-40)51(64)58-37-17-15-36(16-18-37)54(68-26-27-69-54)23-6-7-24-60(52(65)67-53(2,3)4)25-22-34-14-20-45(61)49-42(34)19-21-46(62)59-49/h8-21,28-32,61H,6-7,22-27H2,1-5H3,(H2,55,63)(H,56,57)(H,58,64)(H,59,62). The molecular formula is C54H56N6O7S3. The number of phenols is 1. The van der Waals surface area contributed by atoms with Crippen LogP contribution < -0.4 is 26.7 Å². The number of aromatic amines is 1. The van der Waals surface area contributed by atoms with Gasteiger partial charge < -0.3 is 40.8 Å². The Morgan fingerprint density at radius 2 is 1.66 bits per heavy atom. The highest BCUT2D eigenvalue weighted by Gasteiger charge is 2.37. The molecule has 0 atom stereocenters. The number of fused-ring (bicyclic) bond motifs is 2. The van der Waals surface area contributed by atoms with Crippen molar-refractivity contribution < 1.29 is 29.0 Å². The number of benzene rings is 5. The van der Waals surface area contributed by atoms with Gasteiger partial charge in [-0.05, 0) is 137 Å². The zero-order valence-corrected chi connectivity index (χ0v) is 42.2. The maximum atomic E-state index is 13.7. The number of hydrogen-bond acceptors (Lipinski definition) is 12. The molecular weight excluding hydrogens is 941 g/mol. The third-order valence-corrected chi connectivity index (χ3v) is 16.4. The summed E-state index contributed by atoms with van der Waals surface area (Å²) in [5.41, 5.74) is 11.7.